The Morgan fingerprint density at radius 2 is 1.63 bits per heavy atom. The van der Waals surface area contributed by atoms with Crippen LogP contribution in [0, 0.1) is 40.9 Å². The minimum absolute atomic E-state index is 0.168. The number of hydrogen-bond donors (Lipinski definition) is 2. The van der Waals surface area contributed by atoms with E-state index in [1.54, 1.807) is 0 Å². The van der Waals surface area contributed by atoms with Gasteiger partial charge in [0.1, 0.15) is 5.78 Å². The summed E-state index contributed by atoms with van der Waals surface area (Å²) in [4.78, 5) is 15.7. The summed E-state index contributed by atoms with van der Waals surface area (Å²) >= 11 is 0. The van der Waals surface area contributed by atoms with Crippen LogP contribution in [0.4, 0.5) is 0 Å². The third-order valence-corrected chi connectivity index (χ3v) is 10.6. The molecule has 0 amide bonds. The van der Waals surface area contributed by atoms with Crippen molar-refractivity contribution in [3.63, 3.8) is 0 Å². The molecule has 0 aromatic rings. The minimum atomic E-state index is -0.438. The second-order valence-electron chi connectivity index (χ2n) is 12.3. The molecule has 4 heteroatoms. The molecule has 4 aliphatic carbocycles. The van der Waals surface area contributed by atoms with Crippen molar-refractivity contribution >= 4 is 5.78 Å². The highest BCUT2D eigenvalue weighted by Gasteiger charge is 2.58. The molecule has 4 saturated carbocycles. The number of Topliss-reactive ketones (excluding diaryl/α,β-unsaturated/α-hetero) is 1. The summed E-state index contributed by atoms with van der Waals surface area (Å²) in [6.45, 7) is 6.85. The number of hydrogen-bond acceptors (Lipinski definition) is 4. The third-order valence-electron chi connectivity index (χ3n) is 10.6. The molecular weight excluding hydrogens is 374 g/mol. The molecule has 0 aromatic carbocycles. The lowest BCUT2D eigenvalue weighted by Gasteiger charge is -2.57. The number of likely N-dealkylation sites (tertiary alicyclic amines) is 1. The predicted octanol–water partition coefficient (Wildman–Crippen LogP) is 4.03. The summed E-state index contributed by atoms with van der Waals surface area (Å²) in [6, 6.07) is 0. The van der Waals surface area contributed by atoms with Gasteiger partial charge in [-0.05, 0) is 113 Å². The molecule has 0 bridgehead atoms. The summed E-state index contributed by atoms with van der Waals surface area (Å²) < 4.78 is 0. The number of aliphatic hydroxyl groups is 2. The van der Waals surface area contributed by atoms with Gasteiger partial charge in [0, 0.05) is 19.0 Å². The first kappa shape index (κ1) is 21.4. The lowest BCUT2D eigenvalue weighted by Crippen LogP contribution is -2.51. The Kier molecular flexibility index (Phi) is 5.60. The van der Waals surface area contributed by atoms with Crippen molar-refractivity contribution in [2.24, 2.45) is 40.9 Å². The zero-order valence-electron chi connectivity index (χ0n) is 19.2. The highest BCUT2D eigenvalue weighted by molar-refractivity contribution is 5.84. The molecule has 0 unspecified atom stereocenters. The van der Waals surface area contributed by atoms with E-state index >= 15 is 0 Å². The van der Waals surface area contributed by atoms with Gasteiger partial charge in [-0.15, -0.1) is 0 Å². The van der Waals surface area contributed by atoms with Crippen molar-refractivity contribution in [3.05, 3.63) is 0 Å². The highest BCUT2D eigenvalue weighted by atomic mass is 16.3. The van der Waals surface area contributed by atoms with E-state index in [9.17, 15) is 15.0 Å². The Morgan fingerprint density at radius 1 is 0.900 bits per heavy atom. The minimum Gasteiger partial charge on any atom is -0.393 e. The molecule has 0 spiro atoms. The predicted molar refractivity (Wildman–Crippen MR) is 118 cm³/mol. The Hall–Kier alpha value is -0.450. The molecule has 4 nitrogen and oxygen atoms in total. The van der Waals surface area contributed by atoms with Crippen molar-refractivity contribution in [2.45, 2.75) is 96.2 Å². The summed E-state index contributed by atoms with van der Waals surface area (Å²) in [5, 5.41) is 20.4. The molecule has 0 radical (unpaired) electrons. The first-order valence-electron chi connectivity index (χ1n) is 12.9. The number of fused-ring (bicyclic) bond motifs is 5. The van der Waals surface area contributed by atoms with Gasteiger partial charge in [-0.1, -0.05) is 6.92 Å². The fourth-order valence-electron chi connectivity index (χ4n) is 9.02. The molecule has 30 heavy (non-hydrogen) atoms. The maximum Gasteiger partial charge on any atom is 0.150 e. The highest BCUT2D eigenvalue weighted by Crippen LogP contribution is 2.64. The second-order valence-corrected chi connectivity index (χ2v) is 12.3. The molecule has 0 aromatic heterocycles. The van der Waals surface area contributed by atoms with Crippen molar-refractivity contribution < 1.29 is 15.0 Å². The Morgan fingerprint density at radius 3 is 2.40 bits per heavy atom. The SMILES string of the molecule is C[C@@]1(O)CC[C@H]2[C@@H](CC[C@@H]3[C@@H]2CC[C@]2(C)[C@@H](C(=O)CN4CCC(O)CC4)CC[C@@H]32)C1. The summed E-state index contributed by atoms with van der Waals surface area (Å²) in [7, 11) is 0. The van der Waals surface area contributed by atoms with Crippen molar-refractivity contribution in [1.29, 1.82) is 0 Å². The van der Waals surface area contributed by atoms with Gasteiger partial charge in [0.2, 0.25) is 0 Å². The normalized spacial score (nSPS) is 49.9. The quantitative estimate of drug-likeness (QED) is 0.728. The van der Waals surface area contributed by atoms with Crippen LogP contribution in [0.25, 0.3) is 0 Å². The molecular formula is C26H43NO3. The zero-order valence-corrected chi connectivity index (χ0v) is 19.2. The van der Waals surface area contributed by atoms with Gasteiger partial charge in [-0.25, -0.2) is 0 Å². The molecule has 1 heterocycles. The van der Waals surface area contributed by atoms with Crippen LogP contribution in [0.3, 0.4) is 0 Å². The van der Waals surface area contributed by atoms with Gasteiger partial charge < -0.3 is 10.2 Å². The number of ketones is 1. The summed E-state index contributed by atoms with van der Waals surface area (Å²) in [5.41, 5.74) is -0.229. The lowest BCUT2D eigenvalue weighted by molar-refractivity contribution is -0.133. The van der Waals surface area contributed by atoms with Gasteiger partial charge in [-0.2, -0.15) is 0 Å². The van der Waals surface area contributed by atoms with Crippen LogP contribution in [0.15, 0.2) is 0 Å². The van der Waals surface area contributed by atoms with Crippen LogP contribution in [0.5, 0.6) is 0 Å². The van der Waals surface area contributed by atoms with Crippen LogP contribution in [0.2, 0.25) is 0 Å². The van der Waals surface area contributed by atoms with Crippen molar-refractivity contribution in [1.82, 2.24) is 4.90 Å². The monoisotopic (exact) mass is 417 g/mol. The fraction of sp³-hybridized carbons (Fsp3) is 0.962. The summed E-state index contributed by atoms with van der Waals surface area (Å²) in [6.07, 6.45) is 12.2. The Balaban J connectivity index is 1.26. The third kappa shape index (κ3) is 3.69. The van der Waals surface area contributed by atoms with Crippen LogP contribution >= 0.6 is 0 Å². The zero-order chi connectivity index (χ0) is 21.1. The van der Waals surface area contributed by atoms with Crippen LogP contribution in [0.1, 0.15) is 84.5 Å². The standard InChI is InChI=1S/C26H43NO3/c1-25(30)11-7-19-17(15-25)3-4-21-20(19)8-12-26(2)22(21)5-6-23(26)24(29)16-27-13-9-18(28)10-14-27/h17-23,28,30H,3-16H2,1-2H3/t17-,19-,20+,21+,22-,23+,25+,26-/m0/s1. The van der Waals surface area contributed by atoms with E-state index in [1.165, 1.54) is 38.5 Å². The maximum absolute atomic E-state index is 13.4. The summed E-state index contributed by atoms with van der Waals surface area (Å²) in [5.74, 6) is 4.68. The number of aliphatic hydroxyl groups excluding tert-OH is 1. The van der Waals surface area contributed by atoms with Gasteiger partial charge in [0.25, 0.3) is 0 Å². The Labute approximate surface area is 182 Å². The van der Waals surface area contributed by atoms with Gasteiger partial charge in [-0.3, -0.25) is 9.69 Å². The molecule has 1 aliphatic heterocycles. The van der Waals surface area contributed by atoms with E-state index in [0.29, 0.717) is 12.3 Å². The molecule has 2 N–H and O–H groups in total. The Bertz CT molecular complexity index is 655. The van der Waals surface area contributed by atoms with Crippen molar-refractivity contribution in [2.75, 3.05) is 19.6 Å². The van der Waals surface area contributed by atoms with E-state index in [4.69, 9.17) is 0 Å². The number of carbonyl (C=O) groups is 1. The van der Waals surface area contributed by atoms with Gasteiger partial charge in [0.05, 0.1) is 18.2 Å². The first-order valence-corrected chi connectivity index (χ1v) is 12.9. The van der Waals surface area contributed by atoms with E-state index in [2.05, 4.69) is 11.8 Å². The maximum atomic E-state index is 13.4. The lowest BCUT2D eigenvalue weighted by atomic mass is 9.49. The number of carbonyl (C=O) groups excluding carboxylic acids is 1. The van der Waals surface area contributed by atoms with E-state index in [1.807, 2.05) is 6.92 Å². The number of rotatable bonds is 3. The molecule has 8 atom stereocenters. The van der Waals surface area contributed by atoms with Crippen LogP contribution in [-0.2, 0) is 4.79 Å². The fourth-order valence-corrected chi connectivity index (χ4v) is 9.02. The van der Waals surface area contributed by atoms with E-state index in [-0.39, 0.29) is 17.4 Å². The van der Waals surface area contributed by atoms with Gasteiger partial charge >= 0.3 is 0 Å². The average Bonchev–Trinajstić information content (AvgIpc) is 3.06. The average molecular weight is 418 g/mol. The molecule has 5 fully saturated rings. The van der Waals surface area contributed by atoms with E-state index < -0.39 is 5.60 Å². The topological polar surface area (TPSA) is 60.8 Å². The first-order chi connectivity index (χ1) is 14.3. The van der Waals surface area contributed by atoms with Crippen LogP contribution in [-0.4, -0.2) is 52.2 Å². The molecule has 5 aliphatic rings. The largest absolute Gasteiger partial charge is 0.393 e. The number of piperidine rings is 1. The van der Waals surface area contributed by atoms with Gasteiger partial charge in [0.15, 0.2) is 0 Å². The molecule has 1 saturated heterocycles. The van der Waals surface area contributed by atoms with E-state index in [0.717, 1.165) is 74.8 Å². The number of nitrogens with zero attached hydrogens (tertiary/aromatic N) is 1. The molecule has 170 valence electrons. The smallest absolute Gasteiger partial charge is 0.150 e. The molecule has 5 rings (SSSR count). The van der Waals surface area contributed by atoms with Crippen molar-refractivity contribution in [3.8, 4) is 0 Å². The second kappa shape index (κ2) is 7.85. The van der Waals surface area contributed by atoms with Crippen LogP contribution < -0.4 is 0 Å².